The Balaban J connectivity index is 4.50. The van der Waals surface area contributed by atoms with Crippen molar-refractivity contribution in [2.45, 2.75) is 148 Å². The molecule has 0 aromatic rings. The molecule has 0 bridgehead atoms. The average molecular weight is 703 g/mol. The van der Waals surface area contributed by atoms with E-state index < -0.39 is 18.1 Å². The molecular formula is C42H72NO7+. The third kappa shape index (κ3) is 31.0. The molecule has 2 unspecified atom stereocenters. The molecule has 0 aliphatic heterocycles. The van der Waals surface area contributed by atoms with E-state index >= 15 is 0 Å². The normalized spacial score (nSPS) is 13.7. The number of unbranched alkanes of at least 4 members (excludes halogenated alkanes) is 9. The molecule has 8 heteroatoms. The Kier molecular flexibility index (Phi) is 31.2. The number of carboxylic acids is 1. The average Bonchev–Trinajstić information content (AvgIpc) is 3.06. The van der Waals surface area contributed by atoms with Gasteiger partial charge in [-0.05, 0) is 70.6 Å². The van der Waals surface area contributed by atoms with Gasteiger partial charge >= 0.3 is 17.9 Å². The molecular weight excluding hydrogens is 630 g/mol. The maximum atomic E-state index is 12.6. The smallest absolute Gasteiger partial charge is 0.362 e. The molecule has 0 heterocycles. The first-order chi connectivity index (χ1) is 24.1. The molecule has 2 atom stereocenters. The molecule has 50 heavy (non-hydrogen) atoms. The summed E-state index contributed by atoms with van der Waals surface area (Å²) in [7, 11) is 5.49. The fraction of sp³-hybridized carbons (Fsp3) is 0.690. The van der Waals surface area contributed by atoms with Gasteiger partial charge in [0, 0.05) is 19.3 Å². The van der Waals surface area contributed by atoms with E-state index in [-0.39, 0.29) is 42.7 Å². The Morgan fingerprint density at radius 2 is 1.12 bits per heavy atom. The van der Waals surface area contributed by atoms with Crippen LogP contribution in [0.25, 0.3) is 0 Å². The van der Waals surface area contributed by atoms with Crippen LogP contribution in [0.5, 0.6) is 0 Å². The second-order valence-corrected chi connectivity index (χ2v) is 13.8. The number of likely N-dealkylation sites (N-methyl/N-ethyl adjacent to an activating group) is 1. The molecule has 0 saturated heterocycles. The first-order valence-corrected chi connectivity index (χ1v) is 19.3. The van der Waals surface area contributed by atoms with Crippen LogP contribution in [-0.4, -0.2) is 80.6 Å². The summed E-state index contributed by atoms with van der Waals surface area (Å²) < 4.78 is 17.2. The van der Waals surface area contributed by atoms with E-state index in [0.717, 1.165) is 96.3 Å². The van der Waals surface area contributed by atoms with Gasteiger partial charge < -0.3 is 23.8 Å². The van der Waals surface area contributed by atoms with Gasteiger partial charge in [-0.1, -0.05) is 107 Å². The van der Waals surface area contributed by atoms with E-state index in [2.05, 4.69) is 74.6 Å². The molecule has 0 aromatic heterocycles. The second-order valence-electron chi connectivity index (χ2n) is 13.8. The number of allylic oxidation sites excluding steroid dienone is 10. The number of hydrogen-bond donors (Lipinski definition) is 1. The zero-order valence-electron chi connectivity index (χ0n) is 32.3. The van der Waals surface area contributed by atoms with Crippen LogP contribution in [0, 0.1) is 0 Å². The molecule has 0 saturated carbocycles. The molecule has 286 valence electrons. The monoisotopic (exact) mass is 703 g/mol. The molecule has 0 rings (SSSR count). The number of quaternary nitrogens is 1. The number of carboxylic acid groups (broad SMARTS) is 1. The lowest BCUT2D eigenvalue weighted by molar-refractivity contribution is -0.887. The largest absolute Gasteiger partial charge is 0.477 e. The van der Waals surface area contributed by atoms with E-state index in [0.29, 0.717) is 12.8 Å². The molecule has 0 aliphatic carbocycles. The standard InChI is InChI=1S/C42H71NO7/c1-6-8-10-12-14-16-18-20-22-24-26-28-30-32-40(44)49-37-38(36-48-35-34-39(42(46)47)43(3,4)5)50-41(45)33-31-29-27-25-23-21-19-17-15-13-11-9-7-2/h9-12,15-18,21,23,38-39H,6-8,13-14,19-20,22,24-37H2,1-5H3/p+1/b11-9-,12-10-,17-15-,18-16-,23-21-. The van der Waals surface area contributed by atoms with Gasteiger partial charge in [-0.2, -0.15) is 0 Å². The second kappa shape index (κ2) is 33.2. The third-order valence-corrected chi connectivity index (χ3v) is 8.13. The summed E-state index contributed by atoms with van der Waals surface area (Å²) in [5.41, 5.74) is 0. The van der Waals surface area contributed by atoms with Crippen LogP contribution in [-0.2, 0) is 28.6 Å². The fourth-order valence-electron chi connectivity index (χ4n) is 5.14. The van der Waals surface area contributed by atoms with Gasteiger partial charge in [0.05, 0.1) is 34.4 Å². The molecule has 0 fully saturated rings. The van der Waals surface area contributed by atoms with Crippen molar-refractivity contribution in [1.82, 2.24) is 0 Å². The zero-order valence-corrected chi connectivity index (χ0v) is 32.3. The predicted molar refractivity (Wildman–Crippen MR) is 206 cm³/mol. The molecule has 0 amide bonds. The fourth-order valence-corrected chi connectivity index (χ4v) is 5.14. The van der Waals surface area contributed by atoms with Crippen molar-refractivity contribution in [1.29, 1.82) is 0 Å². The van der Waals surface area contributed by atoms with Gasteiger partial charge in [-0.25, -0.2) is 4.79 Å². The minimum absolute atomic E-state index is 0.0418. The zero-order chi connectivity index (χ0) is 37.1. The molecule has 0 radical (unpaired) electrons. The van der Waals surface area contributed by atoms with Crippen molar-refractivity contribution in [3.63, 3.8) is 0 Å². The molecule has 0 aromatic carbocycles. The quantitative estimate of drug-likeness (QED) is 0.0315. The number of ether oxygens (including phenoxy) is 3. The van der Waals surface area contributed by atoms with Crippen LogP contribution in [0.1, 0.15) is 136 Å². The van der Waals surface area contributed by atoms with Crippen molar-refractivity contribution < 1.29 is 38.2 Å². The van der Waals surface area contributed by atoms with E-state index in [9.17, 15) is 19.5 Å². The van der Waals surface area contributed by atoms with Crippen molar-refractivity contribution in [3.05, 3.63) is 60.8 Å². The minimum atomic E-state index is -0.886. The van der Waals surface area contributed by atoms with Gasteiger partial charge in [0.15, 0.2) is 12.1 Å². The number of aliphatic carboxylic acids is 1. The Morgan fingerprint density at radius 1 is 0.620 bits per heavy atom. The predicted octanol–water partition coefficient (Wildman–Crippen LogP) is 9.85. The minimum Gasteiger partial charge on any atom is -0.477 e. The summed E-state index contributed by atoms with van der Waals surface area (Å²) in [4.78, 5) is 36.8. The van der Waals surface area contributed by atoms with E-state index in [1.165, 1.54) is 6.42 Å². The van der Waals surface area contributed by atoms with Gasteiger partial charge in [0.25, 0.3) is 0 Å². The van der Waals surface area contributed by atoms with Crippen molar-refractivity contribution >= 4 is 17.9 Å². The van der Waals surface area contributed by atoms with Crippen LogP contribution in [0.2, 0.25) is 0 Å². The molecule has 0 aliphatic rings. The Morgan fingerprint density at radius 3 is 1.68 bits per heavy atom. The highest BCUT2D eigenvalue weighted by Gasteiger charge is 2.31. The highest BCUT2D eigenvalue weighted by atomic mass is 16.6. The summed E-state index contributed by atoms with van der Waals surface area (Å²) in [5, 5.41) is 9.58. The first kappa shape index (κ1) is 47.0. The molecule has 8 nitrogen and oxygen atoms in total. The molecule has 0 spiro atoms. The van der Waals surface area contributed by atoms with Gasteiger partial charge in [0.1, 0.15) is 6.61 Å². The molecule has 1 N–H and O–H groups in total. The Labute approximate surface area is 305 Å². The summed E-state index contributed by atoms with van der Waals surface area (Å²) in [5.74, 6) is -1.54. The van der Waals surface area contributed by atoms with Crippen LogP contribution < -0.4 is 0 Å². The van der Waals surface area contributed by atoms with Gasteiger partial charge in [-0.15, -0.1) is 0 Å². The highest BCUT2D eigenvalue weighted by Crippen LogP contribution is 2.12. The van der Waals surface area contributed by atoms with Gasteiger partial charge in [-0.3, -0.25) is 9.59 Å². The van der Waals surface area contributed by atoms with Crippen LogP contribution in [0.3, 0.4) is 0 Å². The van der Waals surface area contributed by atoms with Crippen LogP contribution in [0.4, 0.5) is 0 Å². The number of esters is 2. The van der Waals surface area contributed by atoms with Crippen molar-refractivity contribution in [2.24, 2.45) is 0 Å². The van der Waals surface area contributed by atoms with E-state index in [4.69, 9.17) is 14.2 Å². The lowest BCUT2D eigenvalue weighted by Crippen LogP contribution is -2.50. The van der Waals surface area contributed by atoms with Crippen LogP contribution in [0.15, 0.2) is 60.8 Å². The third-order valence-electron chi connectivity index (χ3n) is 8.13. The van der Waals surface area contributed by atoms with E-state index in [1.54, 1.807) is 0 Å². The highest BCUT2D eigenvalue weighted by molar-refractivity contribution is 5.72. The van der Waals surface area contributed by atoms with Gasteiger partial charge in [0.2, 0.25) is 0 Å². The lowest BCUT2D eigenvalue weighted by atomic mass is 10.1. The number of hydrogen-bond acceptors (Lipinski definition) is 6. The lowest BCUT2D eigenvalue weighted by Gasteiger charge is -2.31. The summed E-state index contributed by atoms with van der Waals surface area (Å²) in [6.45, 7) is 4.48. The topological polar surface area (TPSA) is 99.1 Å². The Hall–Kier alpha value is -2.97. The van der Waals surface area contributed by atoms with Crippen LogP contribution >= 0.6 is 0 Å². The summed E-state index contributed by atoms with van der Waals surface area (Å²) in [6.07, 6.45) is 38.3. The Bertz CT molecular complexity index is 1010. The number of nitrogens with zero attached hydrogens (tertiary/aromatic N) is 1. The number of rotatable bonds is 33. The van der Waals surface area contributed by atoms with Crippen molar-refractivity contribution in [3.8, 4) is 0 Å². The summed E-state index contributed by atoms with van der Waals surface area (Å²) in [6, 6.07) is -0.623. The maximum Gasteiger partial charge on any atom is 0.362 e. The maximum absolute atomic E-state index is 12.6. The summed E-state index contributed by atoms with van der Waals surface area (Å²) >= 11 is 0. The number of carbonyl (C=O) groups excluding carboxylic acids is 2. The van der Waals surface area contributed by atoms with Crippen molar-refractivity contribution in [2.75, 3.05) is 41.0 Å². The van der Waals surface area contributed by atoms with E-state index in [1.807, 2.05) is 21.1 Å². The first-order valence-electron chi connectivity index (χ1n) is 19.3. The SMILES string of the molecule is CC/C=C\C/C=C\C/C=C\CCCCCC(=O)OC(COCCC(C(=O)O)[N+](C)(C)C)COC(=O)CCCCCCC/C=C\C/C=C\CCC. The number of carbonyl (C=O) groups is 3.